The van der Waals surface area contributed by atoms with Crippen LogP contribution in [0, 0.1) is 11.6 Å². The summed E-state index contributed by atoms with van der Waals surface area (Å²) in [6.07, 6.45) is 1.16. The third-order valence-electron chi connectivity index (χ3n) is 4.99. The number of hydrogen-bond donors (Lipinski definition) is 3. The molecule has 1 aliphatic rings. The third-order valence-corrected chi connectivity index (χ3v) is 6.10. The van der Waals surface area contributed by atoms with Crippen molar-refractivity contribution in [2.75, 3.05) is 12.5 Å². The number of benzene rings is 2. The maximum absolute atomic E-state index is 14.6. The van der Waals surface area contributed by atoms with E-state index in [1.165, 1.54) is 24.9 Å². The van der Waals surface area contributed by atoms with Crippen molar-refractivity contribution in [1.29, 1.82) is 0 Å². The number of pyridine rings is 1. The molecule has 0 spiro atoms. The molecule has 0 saturated heterocycles. The minimum Gasteiger partial charge on any atom is -0.502 e. The van der Waals surface area contributed by atoms with Crippen molar-refractivity contribution in [2.24, 2.45) is 0 Å². The van der Waals surface area contributed by atoms with E-state index in [0.29, 0.717) is 16.9 Å². The lowest BCUT2D eigenvalue weighted by molar-refractivity contribution is 0.0681. The van der Waals surface area contributed by atoms with Crippen molar-refractivity contribution in [1.82, 2.24) is 4.68 Å². The van der Waals surface area contributed by atoms with Crippen LogP contribution in [0.15, 0.2) is 52.3 Å². The molecule has 1 aromatic heterocycles. The minimum atomic E-state index is -1.54. The first-order valence-electron chi connectivity index (χ1n) is 9.03. The monoisotopic (exact) mass is 446 g/mol. The number of ether oxygens (including phenoxy) is 1. The van der Waals surface area contributed by atoms with E-state index >= 15 is 0 Å². The Morgan fingerprint density at radius 2 is 2.00 bits per heavy atom. The number of carboxylic acid groups (broad SMARTS) is 1. The minimum absolute atomic E-state index is 0.125. The number of nitrogens with one attached hydrogen (secondary N) is 1. The van der Waals surface area contributed by atoms with Gasteiger partial charge in [0.05, 0.1) is 13.2 Å². The number of methoxy groups -OCH3 is 1. The predicted octanol–water partition coefficient (Wildman–Crippen LogP) is 3.48. The highest BCUT2D eigenvalue weighted by Crippen LogP contribution is 2.42. The topological polar surface area (TPSA) is 101 Å². The molecule has 2 aromatic carbocycles. The summed E-state index contributed by atoms with van der Waals surface area (Å²) in [4.78, 5) is 24.2. The van der Waals surface area contributed by atoms with Gasteiger partial charge in [0, 0.05) is 28.5 Å². The van der Waals surface area contributed by atoms with Crippen molar-refractivity contribution in [3.63, 3.8) is 0 Å². The summed E-state index contributed by atoms with van der Waals surface area (Å²) < 4.78 is 34.9. The van der Waals surface area contributed by atoms with Crippen LogP contribution in [0.3, 0.4) is 0 Å². The number of halogens is 2. The highest BCUT2D eigenvalue weighted by Gasteiger charge is 2.29. The third kappa shape index (κ3) is 3.59. The van der Waals surface area contributed by atoms with Gasteiger partial charge < -0.3 is 20.4 Å². The fraction of sp³-hybridized carbons (Fsp3) is 0.143. The highest BCUT2D eigenvalue weighted by atomic mass is 32.2. The summed E-state index contributed by atoms with van der Waals surface area (Å²) in [6.45, 7) is 0. The Labute approximate surface area is 178 Å². The summed E-state index contributed by atoms with van der Waals surface area (Å²) >= 11 is 1.30. The van der Waals surface area contributed by atoms with Crippen molar-refractivity contribution in [3.05, 3.63) is 86.8 Å². The summed E-state index contributed by atoms with van der Waals surface area (Å²) in [5.74, 6) is -3.80. The molecule has 0 saturated carbocycles. The van der Waals surface area contributed by atoms with Gasteiger partial charge in [-0.25, -0.2) is 13.6 Å². The molecule has 3 aromatic rings. The lowest BCUT2D eigenvalue weighted by atomic mass is 9.95. The first kappa shape index (κ1) is 20.7. The second-order valence-corrected chi connectivity index (χ2v) is 7.75. The first-order valence-corrected chi connectivity index (χ1v) is 10.0. The smallest absolute Gasteiger partial charge is 0.358 e. The van der Waals surface area contributed by atoms with Crippen LogP contribution in [0.2, 0.25) is 0 Å². The maximum Gasteiger partial charge on any atom is 0.358 e. The van der Waals surface area contributed by atoms with Crippen LogP contribution in [0.1, 0.15) is 33.2 Å². The number of thioether (sulfide) groups is 1. The molecule has 3 N–H and O–H groups in total. The number of aromatic carboxylic acids is 1. The van der Waals surface area contributed by atoms with E-state index in [-0.39, 0.29) is 11.3 Å². The summed E-state index contributed by atoms with van der Waals surface area (Å²) in [7, 11) is 1.49. The number of nitrogens with zero attached hydrogens (tertiary/aromatic N) is 1. The van der Waals surface area contributed by atoms with E-state index in [1.54, 1.807) is 18.2 Å². The van der Waals surface area contributed by atoms with Crippen LogP contribution in [-0.2, 0) is 5.75 Å². The highest BCUT2D eigenvalue weighted by molar-refractivity contribution is 7.98. The Kier molecular flexibility index (Phi) is 5.32. The Morgan fingerprint density at radius 1 is 1.23 bits per heavy atom. The van der Waals surface area contributed by atoms with Gasteiger partial charge in [0.25, 0.3) is 0 Å². The van der Waals surface area contributed by atoms with Gasteiger partial charge >= 0.3 is 5.97 Å². The Bertz CT molecular complexity index is 1260. The van der Waals surface area contributed by atoms with Gasteiger partial charge in [-0.15, -0.1) is 11.8 Å². The van der Waals surface area contributed by atoms with E-state index in [2.05, 4.69) is 5.43 Å². The number of aromatic hydroxyl groups is 1. The van der Waals surface area contributed by atoms with Gasteiger partial charge in [-0.3, -0.25) is 9.47 Å². The average molecular weight is 446 g/mol. The van der Waals surface area contributed by atoms with Crippen LogP contribution < -0.4 is 15.6 Å². The number of aromatic nitrogens is 1. The zero-order chi connectivity index (χ0) is 22.3. The van der Waals surface area contributed by atoms with Crippen LogP contribution in [0.4, 0.5) is 8.78 Å². The van der Waals surface area contributed by atoms with E-state index in [9.17, 15) is 28.6 Å². The molecule has 0 fully saturated rings. The fourth-order valence-corrected chi connectivity index (χ4v) is 4.57. The molecule has 1 atom stereocenters. The van der Waals surface area contributed by atoms with Gasteiger partial charge in [0.15, 0.2) is 23.1 Å². The number of carbonyl (C=O) groups is 1. The Morgan fingerprint density at radius 3 is 2.71 bits per heavy atom. The van der Waals surface area contributed by atoms with Crippen molar-refractivity contribution in [2.45, 2.75) is 16.7 Å². The summed E-state index contributed by atoms with van der Waals surface area (Å²) in [5, 5.41) is 19.5. The van der Waals surface area contributed by atoms with E-state index in [0.717, 1.165) is 27.9 Å². The molecule has 0 bridgehead atoms. The first-order chi connectivity index (χ1) is 14.8. The molecular formula is C21H16F2N2O5S. The second kappa shape index (κ2) is 7.95. The van der Waals surface area contributed by atoms with Gasteiger partial charge in [-0.2, -0.15) is 0 Å². The average Bonchev–Trinajstić information content (AvgIpc) is 2.90. The number of hydrogen-bond acceptors (Lipinski definition) is 6. The second-order valence-electron chi connectivity index (χ2n) is 6.74. The summed E-state index contributed by atoms with van der Waals surface area (Å²) in [5.41, 5.74) is 2.52. The molecule has 2 heterocycles. The normalized spacial score (nSPS) is 14.9. The van der Waals surface area contributed by atoms with Crippen LogP contribution in [0.5, 0.6) is 11.5 Å². The number of carboxylic acids is 1. The number of fused-ring (bicyclic) bond motifs is 2. The molecule has 1 aliphatic heterocycles. The van der Waals surface area contributed by atoms with Gasteiger partial charge in [-0.05, 0) is 35.4 Å². The largest absolute Gasteiger partial charge is 0.502 e. The lowest BCUT2D eigenvalue weighted by Crippen LogP contribution is -2.29. The molecule has 160 valence electrons. The van der Waals surface area contributed by atoms with Crippen molar-refractivity contribution < 1.29 is 28.5 Å². The molecule has 7 nitrogen and oxygen atoms in total. The SMILES string of the molecule is COc1ccc2c(c1)C(Nn1ccc(=O)c(O)c1C(=O)O)c1ccc(F)c(F)c1CS2. The molecule has 31 heavy (non-hydrogen) atoms. The van der Waals surface area contributed by atoms with Crippen molar-refractivity contribution >= 4 is 17.7 Å². The summed E-state index contributed by atoms with van der Waals surface area (Å²) in [6, 6.07) is 7.78. The van der Waals surface area contributed by atoms with Crippen LogP contribution >= 0.6 is 11.8 Å². The number of rotatable bonds is 4. The van der Waals surface area contributed by atoms with E-state index in [1.807, 2.05) is 0 Å². The zero-order valence-electron chi connectivity index (χ0n) is 16.1. The van der Waals surface area contributed by atoms with Crippen LogP contribution in [-0.4, -0.2) is 28.0 Å². The molecular weight excluding hydrogens is 430 g/mol. The van der Waals surface area contributed by atoms with E-state index < -0.39 is 40.5 Å². The molecule has 0 aliphatic carbocycles. The molecule has 0 amide bonds. The zero-order valence-corrected chi connectivity index (χ0v) is 16.9. The van der Waals surface area contributed by atoms with Gasteiger partial charge in [0.2, 0.25) is 5.43 Å². The van der Waals surface area contributed by atoms with Crippen LogP contribution in [0.25, 0.3) is 0 Å². The molecule has 1 unspecified atom stereocenters. The Balaban J connectivity index is 1.95. The van der Waals surface area contributed by atoms with Crippen molar-refractivity contribution in [3.8, 4) is 11.5 Å². The Hall–Kier alpha value is -3.53. The maximum atomic E-state index is 14.6. The molecule has 4 rings (SSSR count). The van der Waals surface area contributed by atoms with Gasteiger partial charge in [0.1, 0.15) is 5.75 Å². The standard InChI is InChI=1S/C21H16F2N2O5S/c1-30-10-2-5-16-12(8-10)18(11-3-4-14(22)17(23)13(11)9-31-16)24-25-7-6-15(26)20(27)19(25)21(28)29/h2-8,18,24,27H,9H2,1H3,(H,28,29). The lowest BCUT2D eigenvalue weighted by Gasteiger charge is -2.25. The fourth-order valence-electron chi connectivity index (χ4n) is 3.47. The van der Waals surface area contributed by atoms with E-state index in [4.69, 9.17) is 4.74 Å². The predicted molar refractivity (Wildman–Crippen MR) is 109 cm³/mol. The molecule has 10 heteroatoms. The molecule has 0 radical (unpaired) electrons. The quantitative estimate of drug-likeness (QED) is 0.564. The van der Waals surface area contributed by atoms with Gasteiger partial charge in [-0.1, -0.05) is 6.07 Å².